The van der Waals surface area contributed by atoms with Crippen LogP contribution in [0.1, 0.15) is 18.4 Å². The van der Waals surface area contributed by atoms with Crippen LogP contribution in [0.25, 0.3) is 11.1 Å². The maximum Gasteiger partial charge on any atom is 0.410 e. The van der Waals surface area contributed by atoms with E-state index in [4.69, 9.17) is 9.47 Å². The summed E-state index contributed by atoms with van der Waals surface area (Å²) < 4.78 is 38.0. The highest BCUT2D eigenvalue weighted by atomic mass is 32.2. The molecule has 1 N–H and O–H groups in total. The molecule has 0 radical (unpaired) electrons. The number of cyclic esters (lactones) is 1. The molecule has 1 fully saturated rings. The van der Waals surface area contributed by atoms with Crippen molar-refractivity contribution in [3.63, 3.8) is 0 Å². The first kappa shape index (κ1) is 22.4. The van der Waals surface area contributed by atoms with Crippen molar-refractivity contribution in [1.29, 1.82) is 0 Å². The molecule has 7 nitrogen and oxygen atoms in total. The Morgan fingerprint density at radius 3 is 2.75 bits per heavy atom. The second-order valence-corrected chi connectivity index (χ2v) is 9.91. The van der Waals surface area contributed by atoms with Crippen molar-refractivity contribution in [3.05, 3.63) is 66.2 Å². The van der Waals surface area contributed by atoms with E-state index < -0.39 is 16.1 Å². The highest BCUT2D eigenvalue weighted by Crippen LogP contribution is 2.32. The SMILES string of the molecule is CS(=O)(=O)N[C@H]1CCN2C(=O)OC/C=C/CCOc3ccccc3-c3cccc(c3)C[C@@H]12. The predicted octanol–water partition coefficient (Wildman–Crippen LogP) is 3.36. The van der Waals surface area contributed by atoms with Crippen LogP contribution in [0, 0.1) is 0 Å². The molecule has 2 atom stereocenters. The van der Waals surface area contributed by atoms with E-state index in [2.05, 4.69) is 10.8 Å². The highest BCUT2D eigenvalue weighted by molar-refractivity contribution is 7.88. The number of amides is 1. The van der Waals surface area contributed by atoms with E-state index in [0.717, 1.165) is 28.7 Å². The third kappa shape index (κ3) is 5.49. The largest absolute Gasteiger partial charge is 0.493 e. The minimum Gasteiger partial charge on any atom is -0.493 e. The van der Waals surface area contributed by atoms with Crippen LogP contribution in [0.5, 0.6) is 5.75 Å². The lowest BCUT2D eigenvalue weighted by Gasteiger charge is -2.28. The molecule has 4 rings (SSSR count). The average Bonchev–Trinajstić information content (AvgIpc) is 3.13. The zero-order chi connectivity index (χ0) is 22.6. The van der Waals surface area contributed by atoms with Gasteiger partial charge in [-0.05, 0) is 36.5 Å². The van der Waals surface area contributed by atoms with Gasteiger partial charge in [0, 0.05) is 18.2 Å². The minimum absolute atomic E-state index is 0.165. The smallest absolute Gasteiger partial charge is 0.410 e. The van der Waals surface area contributed by atoms with Crippen LogP contribution in [-0.4, -0.2) is 57.5 Å². The van der Waals surface area contributed by atoms with Gasteiger partial charge in [-0.15, -0.1) is 0 Å². The van der Waals surface area contributed by atoms with Crippen molar-refractivity contribution in [2.24, 2.45) is 0 Å². The first-order valence-corrected chi connectivity index (χ1v) is 12.7. The van der Waals surface area contributed by atoms with Gasteiger partial charge in [0.25, 0.3) is 0 Å². The molecule has 0 saturated carbocycles. The standard InChI is InChI=1S/C24H28N2O5S/c1-32(28,29)25-21-12-13-26-22(21)17-18-8-7-9-19(16-18)20-10-3-4-11-23(20)30-14-5-2-6-15-31-24(26)27/h2-4,6-11,16,21-22,25H,5,12-15,17H2,1H3/b6-2+/t21-,22-/m0/s1. The van der Waals surface area contributed by atoms with Gasteiger partial charge in [0.05, 0.1) is 18.9 Å². The topological polar surface area (TPSA) is 84.9 Å². The number of hydrogen-bond acceptors (Lipinski definition) is 5. The number of rotatable bonds is 2. The molecule has 8 heteroatoms. The van der Waals surface area contributed by atoms with Crippen LogP contribution >= 0.6 is 0 Å². The van der Waals surface area contributed by atoms with Crippen molar-refractivity contribution >= 4 is 16.1 Å². The van der Waals surface area contributed by atoms with Gasteiger partial charge in [0.2, 0.25) is 10.0 Å². The van der Waals surface area contributed by atoms with Crippen LogP contribution in [0.3, 0.4) is 0 Å². The summed E-state index contributed by atoms with van der Waals surface area (Å²) in [5.41, 5.74) is 3.02. The number of sulfonamides is 1. The number of fused-ring (bicyclic) bond motifs is 5. The molecule has 1 saturated heterocycles. The molecule has 2 bridgehead atoms. The zero-order valence-corrected chi connectivity index (χ0v) is 18.9. The summed E-state index contributed by atoms with van der Waals surface area (Å²) in [5, 5.41) is 0. The van der Waals surface area contributed by atoms with Crippen molar-refractivity contribution in [1.82, 2.24) is 9.62 Å². The quantitative estimate of drug-likeness (QED) is 0.701. The van der Waals surface area contributed by atoms with E-state index in [-0.39, 0.29) is 18.7 Å². The third-order valence-electron chi connectivity index (χ3n) is 5.73. The molecule has 0 unspecified atom stereocenters. The van der Waals surface area contributed by atoms with Gasteiger partial charge in [-0.25, -0.2) is 17.9 Å². The fourth-order valence-corrected chi connectivity index (χ4v) is 5.13. The number of hydrogen-bond donors (Lipinski definition) is 1. The molecule has 170 valence electrons. The average molecular weight is 457 g/mol. The first-order valence-electron chi connectivity index (χ1n) is 10.8. The highest BCUT2D eigenvalue weighted by Gasteiger charge is 2.39. The van der Waals surface area contributed by atoms with Crippen LogP contribution < -0.4 is 9.46 Å². The van der Waals surface area contributed by atoms with Gasteiger partial charge >= 0.3 is 6.09 Å². The van der Waals surface area contributed by atoms with Gasteiger partial charge in [0.15, 0.2) is 0 Å². The fraction of sp³-hybridized carbons (Fsp3) is 0.375. The van der Waals surface area contributed by atoms with Gasteiger partial charge in [0.1, 0.15) is 12.4 Å². The summed E-state index contributed by atoms with van der Waals surface area (Å²) in [6.07, 6.45) is 6.19. The summed E-state index contributed by atoms with van der Waals surface area (Å²) in [6, 6.07) is 15.3. The summed E-state index contributed by atoms with van der Waals surface area (Å²) in [4.78, 5) is 14.4. The second kappa shape index (κ2) is 9.75. The number of ether oxygens (including phenoxy) is 2. The molecule has 2 aliphatic heterocycles. The predicted molar refractivity (Wildman–Crippen MR) is 123 cm³/mol. The Morgan fingerprint density at radius 2 is 1.91 bits per heavy atom. The normalized spacial score (nSPS) is 22.9. The Hall–Kier alpha value is -2.84. The maximum atomic E-state index is 12.8. The van der Waals surface area contributed by atoms with E-state index in [1.165, 1.54) is 0 Å². The molecule has 2 aliphatic rings. The fourth-order valence-electron chi connectivity index (χ4n) is 4.31. The third-order valence-corrected chi connectivity index (χ3v) is 6.46. The molecule has 32 heavy (non-hydrogen) atoms. The van der Waals surface area contributed by atoms with Crippen LogP contribution in [0.2, 0.25) is 0 Å². The molecule has 2 heterocycles. The molecule has 1 amide bonds. The first-order chi connectivity index (χ1) is 15.4. The Kier molecular flexibility index (Phi) is 6.81. The molecule has 0 aliphatic carbocycles. The van der Waals surface area contributed by atoms with Gasteiger partial charge in [-0.1, -0.05) is 54.6 Å². The minimum atomic E-state index is -3.41. The van der Waals surface area contributed by atoms with Crippen LogP contribution in [0.4, 0.5) is 4.79 Å². The molecule has 2 aromatic carbocycles. The molecule has 0 spiro atoms. The van der Waals surface area contributed by atoms with Crippen molar-refractivity contribution in [2.75, 3.05) is 26.0 Å². The second-order valence-electron chi connectivity index (χ2n) is 8.13. The van der Waals surface area contributed by atoms with Gasteiger partial charge in [-0.3, -0.25) is 0 Å². The Labute approximate surface area is 189 Å². The molecule has 0 aromatic heterocycles. The maximum absolute atomic E-state index is 12.8. The van der Waals surface area contributed by atoms with Crippen LogP contribution in [-0.2, 0) is 21.2 Å². The number of nitrogens with one attached hydrogen (secondary N) is 1. The molecule has 2 aromatic rings. The lowest BCUT2D eigenvalue weighted by Crippen LogP contribution is -2.47. The Bertz CT molecular complexity index is 1100. The molecular formula is C24H28N2O5S. The van der Waals surface area contributed by atoms with E-state index >= 15 is 0 Å². The number of benzene rings is 2. The van der Waals surface area contributed by atoms with E-state index in [1.54, 1.807) is 11.0 Å². The van der Waals surface area contributed by atoms with Crippen molar-refractivity contribution in [2.45, 2.75) is 31.3 Å². The van der Waals surface area contributed by atoms with Gasteiger partial charge < -0.3 is 14.4 Å². The number of carbonyl (C=O) groups is 1. The summed E-state index contributed by atoms with van der Waals surface area (Å²) in [5.74, 6) is 0.815. The summed E-state index contributed by atoms with van der Waals surface area (Å²) >= 11 is 0. The zero-order valence-electron chi connectivity index (χ0n) is 18.1. The molecular weight excluding hydrogens is 428 g/mol. The van der Waals surface area contributed by atoms with Crippen molar-refractivity contribution < 1.29 is 22.7 Å². The Balaban J connectivity index is 1.70. The summed E-state index contributed by atoms with van der Waals surface area (Å²) in [7, 11) is -3.41. The van der Waals surface area contributed by atoms with Gasteiger partial charge in [-0.2, -0.15) is 0 Å². The van der Waals surface area contributed by atoms with Crippen molar-refractivity contribution in [3.8, 4) is 16.9 Å². The summed E-state index contributed by atoms with van der Waals surface area (Å²) in [6.45, 7) is 1.13. The number of carbonyl (C=O) groups excluding carboxylic acids is 1. The lowest BCUT2D eigenvalue weighted by atomic mass is 9.96. The Morgan fingerprint density at radius 1 is 1.06 bits per heavy atom. The number of para-hydroxylation sites is 1. The van der Waals surface area contributed by atoms with E-state index in [0.29, 0.717) is 32.4 Å². The number of nitrogens with zero attached hydrogens (tertiary/aromatic N) is 1. The van der Waals surface area contributed by atoms with E-state index in [9.17, 15) is 13.2 Å². The monoisotopic (exact) mass is 456 g/mol. The van der Waals surface area contributed by atoms with E-state index in [1.807, 2.05) is 48.5 Å². The van der Waals surface area contributed by atoms with Crippen LogP contribution in [0.15, 0.2) is 60.7 Å². The lowest BCUT2D eigenvalue weighted by molar-refractivity contribution is 0.106.